The molecule has 384 valence electrons. The third-order valence-electron chi connectivity index (χ3n) is 15.8. The van der Waals surface area contributed by atoms with Crippen molar-refractivity contribution in [3.05, 3.63) is 239 Å². The van der Waals surface area contributed by atoms with Crippen LogP contribution in [0, 0.1) is 0 Å². The van der Waals surface area contributed by atoms with Crippen molar-refractivity contribution in [2.24, 2.45) is 0 Å². The first-order valence-corrected chi connectivity index (χ1v) is 28.4. The summed E-state index contributed by atoms with van der Waals surface area (Å²) < 4.78 is 3.74. The van der Waals surface area contributed by atoms with Crippen molar-refractivity contribution in [1.82, 2.24) is 4.57 Å². The Morgan fingerprint density at radius 2 is 0.987 bits per heavy atom. The molecule has 12 aromatic rings. The number of thiophene rings is 1. The quantitative estimate of drug-likeness (QED) is 0.151. The Kier molecular flexibility index (Phi) is 11.8. The maximum absolute atomic E-state index is 8.58. The summed E-state index contributed by atoms with van der Waals surface area (Å²) in [6.07, 6.45) is 0. The zero-order valence-corrected chi connectivity index (χ0v) is 47.4. The normalized spacial score (nSPS) is 12.7. The molecular formula is C72H63ClN4S. The monoisotopic (exact) mass is 1050 g/mol. The highest BCUT2D eigenvalue weighted by Gasteiger charge is 2.36. The summed E-state index contributed by atoms with van der Waals surface area (Å²) in [6, 6.07) is 78.3. The van der Waals surface area contributed by atoms with Gasteiger partial charge in [-0.1, -0.05) is 189 Å². The van der Waals surface area contributed by atoms with Crippen LogP contribution in [0.25, 0.3) is 59.5 Å². The zero-order valence-electron chi connectivity index (χ0n) is 45.9. The predicted octanol–water partition coefficient (Wildman–Crippen LogP) is 22.1. The lowest BCUT2D eigenvalue weighted by Gasteiger charge is -2.38. The number of hydrogen-bond acceptors (Lipinski definition) is 4. The van der Waals surface area contributed by atoms with Gasteiger partial charge in [0.15, 0.2) is 0 Å². The Hall–Kier alpha value is -8.09. The molecule has 0 spiro atoms. The van der Waals surface area contributed by atoms with E-state index in [0.29, 0.717) is 5.02 Å². The van der Waals surface area contributed by atoms with Crippen LogP contribution in [-0.2, 0) is 16.2 Å². The van der Waals surface area contributed by atoms with Crippen molar-refractivity contribution in [2.75, 3.05) is 14.7 Å². The van der Waals surface area contributed by atoms with Crippen LogP contribution in [0.5, 0.6) is 0 Å². The SMILES string of the molecule is CC(C)(C)c1ccc2c(c1)-n1c3ccc(C(C)(C)C)cc3c3cc(C(C)(C)C)cc(c31)N2c1cc(N(c2ccccc2)c2ccccc2)cc(N(c2ccc3ccccc3c2)c2csc3ccc(-c4ccccc4)cc23)c1Cl. The lowest BCUT2D eigenvalue weighted by molar-refractivity contribution is 0.589. The molecular weight excluding hydrogens is 988 g/mol. The van der Waals surface area contributed by atoms with E-state index in [1.165, 1.54) is 48.6 Å². The molecule has 0 saturated carbocycles. The van der Waals surface area contributed by atoms with Gasteiger partial charge in [0.2, 0.25) is 0 Å². The molecule has 1 aliphatic heterocycles. The lowest BCUT2D eigenvalue weighted by Crippen LogP contribution is -2.22. The van der Waals surface area contributed by atoms with Gasteiger partial charge in [-0.3, -0.25) is 0 Å². The fraction of sp³-hybridized carbons (Fsp3) is 0.167. The molecule has 3 heterocycles. The van der Waals surface area contributed by atoms with Gasteiger partial charge in [0.25, 0.3) is 0 Å². The fourth-order valence-corrected chi connectivity index (χ4v) is 12.7. The van der Waals surface area contributed by atoms with Gasteiger partial charge in [-0.25, -0.2) is 0 Å². The molecule has 0 fully saturated rings. The Bertz CT molecular complexity index is 4250. The molecule has 0 aliphatic carbocycles. The second-order valence-electron chi connectivity index (χ2n) is 24.1. The van der Waals surface area contributed by atoms with Gasteiger partial charge in [0.05, 0.1) is 55.9 Å². The first kappa shape index (κ1) is 49.5. The second-order valence-corrected chi connectivity index (χ2v) is 25.4. The molecule has 0 atom stereocenters. The first-order chi connectivity index (χ1) is 37.5. The highest BCUT2D eigenvalue weighted by molar-refractivity contribution is 7.17. The summed E-state index contributed by atoms with van der Waals surface area (Å²) in [5.41, 5.74) is 18.3. The van der Waals surface area contributed by atoms with E-state index in [1.54, 1.807) is 11.3 Å². The van der Waals surface area contributed by atoms with E-state index >= 15 is 0 Å². The Balaban J connectivity index is 1.18. The van der Waals surface area contributed by atoms with Crippen molar-refractivity contribution >= 4 is 117 Å². The smallest absolute Gasteiger partial charge is 0.0888 e. The minimum atomic E-state index is -0.178. The number of anilines is 9. The van der Waals surface area contributed by atoms with Crippen LogP contribution in [-0.4, -0.2) is 4.57 Å². The summed E-state index contributed by atoms with van der Waals surface area (Å²) >= 11 is 10.3. The minimum Gasteiger partial charge on any atom is -0.310 e. The fourth-order valence-electron chi connectivity index (χ4n) is 11.6. The number of fused-ring (bicyclic) bond motifs is 7. The van der Waals surface area contributed by atoms with Gasteiger partial charge in [0.1, 0.15) is 0 Å². The van der Waals surface area contributed by atoms with Gasteiger partial charge < -0.3 is 19.3 Å². The third kappa shape index (κ3) is 8.43. The predicted molar refractivity (Wildman–Crippen MR) is 338 cm³/mol. The minimum absolute atomic E-state index is 0.0435. The topological polar surface area (TPSA) is 14.7 Å². The zero-order chi connectivity index (χ0) is 53.8. The number of aromatic nitrogens is 1. The number of rotatable bonds is 8. The van der Waals surface area contributed by atoms with Gasteiger partial charge in [-0.15, -0.1) is 11.3 Å². The maximum Gasteiger partial charge on any atom is 0.0888 e. The summed E-state index contributed by atoms with van der Waals surface area (Å²) in [6.45, 7) is 20.9. The van der Waals surface area contributed by atoms with Crippen molar-refractivity contribution < 1.29 is 0 Å². The maximum atomic E-state index is 8.58. The first-order valence-electron chi connectivity index (χ1n) is 27.2. The molecule has 0 N–H and O–H groups in total. The van der Waals surface area contributed by atoms with Gasteiger partial charge >= 0.3 is 0 Å². The van der Waals surface area contributed by atoms with E-state index in [2.05, 4.69) is 299 Å². The van der Waals surface area contributed by atoms with Crippen LogP contribution >= 0.6 is 22.9 Å². The van der Waals surface area contributed by atoms with Crippen LogP contribution < -0.4 is 14.7 Å². The number of nitrogens with zero attached hydrogens (tertiary/aromatic N) is 4. The largest absolute Gasteiger partial charge is 0.310 e. The molecule has 1 aliphatic rings. The standard InChI is InChI=1S/C72H63ClN4S/c1-70(2,3)50-31-34-60-57(39-50)58-40-52(72(7,8)9)42-65-69(58)77(60)62-41-51(71(4,5)6)32-35-61(62)76(65)64-44-56(74(53-25-15-11-16-26-53)54-27-17-12-18-28-54)43-63(68(64)73)75(55-33-29-47-23-19-20-24-48(47)37-55)66-45-78-67-36-30-49(38-59(66)67)46-21-13-10-14-22-46/h10-45H,1-9H3. The number of para-hydroxylation sites is 2. The highest BCUT2D eigenvalue weighted by atomic mass is 35.5. The van der Waals surface area contributed by atoms with E-state index in [9.17, 15) is 0 Å². The summed E-state index contributed by atoms with van der Waals surface area (Å²) in [5.74, 6) is 0. The summed E-state index contributed by atoms with van der Waals surface area (Å²) in [7, 11) is 0. The van der Waals surface area contributed by atoms with Crippen molar-refractivity contribution in [1.29, 1.82) is 0 Å². The third-order valence-corrected chi connectivity index (χ3v) is 17.2. The molecule has 4 nitrogen and oxygen atoms in total. The molecule has 0 unspecified atom stereocenters. The van der Waals surface area contributed by atoms with Gasteiger partial charge in [0, 0.05) is 43.3 Å². The van der Waals surface area contributed by atoms with Crippen molar-refractivity contribution in [3.8, 4) is 16.8 Å². The molecule has 0 radical (unpaired) electrons. The Labute approximate surface area is 468 Å². The molecule has 0 saturated heterocycles. The second kappa shape index (κ2) is 18.5. The van der Waals surface area contributed by atoms with E-state index in [1.807, 2.05) is 0 Å². The number of halogens is 1. The van der Waals surface area contributed by atoms with Crippen LogP contribution in [0.3, 0.4) is 0 Å². The number of benzene rings is 10. The molecule has 0 bridgehead atoms. The molecule has 10 aromatic carbocycles. The summed E-state index contributed by atoms with van der Waals surface area (Å²) in [5, 5.41) is 8.90. The van der Waals surface area contributed by atoms with Crippen molar-refractivity contribution in [2.45, 2.75) is 78.6 Å². The van der Waals surface area contributed by atoms with Gasteiger partial charge in [-0.05, 0) is 152 Å². The van der Waals surface area contributed by atoms with Crippen LogP contribution in [0.1, 0.15) is 79.0 Å². The lowest BCUT2D eigenvalue weighted by atomic mass is 9.84. The Morgan fingerprint density at radius 3 is 1.67 bits per heavy atom. The van der Waals surface area contributed by atoms with E-state index in [4.69, 9.17) is 11.6 Å². The van der Waals surface area contributed by atoms with Crippen LogP contribution in [0.15, 0.2) is 218 Å². The van der Waals surface area contributed by atoms with Crippen LogP contribution in [0.4, 0.5) is 51.2 Å². The average Bonchev–Trinajstić information content (AvgIpc) is 3.71. The average molecular weight is 1050 g/mol. The molecule has 78 heavy (non-hydrogen) atoms. The van der Waals surface area contributed by atoms with E-state index in [0.717, 1.165) is 78.7 Å². The Morgan fingerprint density at radius 1 is 0.385 bits per heavy atom. The van der Waals surface area contributed by atoms with E-state index < -0.39 is 0 Å². The summed E-state index contributed by atoms with van der Waals surface area (Å²) in [4.78, 5) is 7.29. The van der Waals surface area contributed by atoms with Gasteiger partial charge in [-0.2, -0.15) is 0 Å². The molecule has 0 amide bonds. The van der Waals surface area contributed by atoms with Crippen LogP contribution in [0.2, 0.25) is 5.02 Å². The van der Waals surface area contributed by atoms with Crippen molar-refractivity contribution in [3.63, 3.8) is 0 Å². The molecule has 13 rings (SSSR count). The van der Waals surface area contributed by atoms with E-state index in [-0.39, 0.29) is 16.2 Å². The molecule has 2 aromatic heterocycles. The number of hydrogen-bond donors (Lipinski definition) is 0. The molecule has 6 heteroatoms. The highest BCUT2D eigenvalue weighted by Crippen LogP contribution is 2.57.